The van der Waals surface area contributed by atoms with Crippen LogP contribution in [-0.2, 0) is 6.18 Å². The minimum atomic E-state index is -4.38. The van der Waals surface area contributed by atoms with Crippen molar-refractivity contribution in [1.82, 2.24) is 9.97 Å². The van der Waals surface area contributed by atoms with Crippen molar-refractivity contribution in [2.45, 2.75) is 20.0 Å². The van der Waals surface area contributed by atoms with Crippen LogP contribution in [0.3, 0.4) is 0 Å². The third-order valence-corrected chi connectivity index (χ3v) is 3.89. The Balaban J connectivity index is 2.13. The molecule has 2 aromatic heterocycles. The van der Waals surface area contributed by atoms with Crippen LogP contribution in [0.25, 0.3) is 17.0 Å². The number of halogens is 3. The highest BCUT2D eigenvalue weighted by Gasteiger charge is 2.31. The summed E-state index contributed by atoms with van der Waals surface area (Å²) in [5.41, 5.74) is 1.95. The van der Waals surface area contributed by atoms with Crippen molar-refractivity contribution in [3.8, 4) is 11.7 Å². The van der Waals surface area contributed by atoms with Crippen molar-refractivity contribution in [1.29, 1.82) is 0 Å². The Morgan fingerprint density at radius 1 is 1.17 bits per heavy atom. The van der Waals surface area contributed by atoms with E-state index in [1.165, 1.54) is 6.07 Å². The van der Waals surface area contributed by atoms with E-state index in [0.29, 0.717) is 17.0 Å². The first kappa shape index (κ1) is 15.3. The number of hydrogen-bond acceptors (Lipinski definition) is 2. The topological polar surface area (TPSA) is 41.8 Å². The van der Waals surface area contributed by atoms with Gasteiger partial charge in [0.25, 0.3) is 0 Å². The third-order valence-electron chi connectivity index (χ3n) is 3.89. The molecule has 3 rings (SSSR count). The largest absolute Gasteiger partial charge is 0.496 e. The van der Waals surface area contributed by atoms with Gasteiger partial charge in [0.2, 0.25) is 0 Å². The average Bonchev–Trinajstić information content (AvgIpc) is 2.91. The van der Waals surface area contributed by atoms with Crippen LogP contribution >= 0.6 is 0 Å². The number of aromatic nitrogens is 3. The van der Waals surface area contributed by atoms with Crippen molar-refractivity contribution in [3.05, 3.63) is 47.3 Å². The number of imidazole rings is 1. The van der Waals surface area contributed by atoms with Crippen molar-refractivity contribution in [2.24, 2.45) is 0 Å². The lowest BCUT2D eigenvalue weighted by atomic mass is 10.2. The second-order valence-electron chi connectivity index (χ2n) is 5.25. The lowest BCUT2D eigenvalue weighted by Gasteiger charge is -2.08. The van der Waals surface area contributed by atoms with Gasteiger partial charge in [-0.2, -0.15) is 13.2 Å². The maximum absolute atomic E-state index is 12.8. The van der Waals surface area contributed by atoms with Gasteiger partial charge in [0.05, 0.1) is 24.6 Å². The van der Waals surface area contributed by atoms with Gasteiger partial charge in [-0.3, -0.25) is 0 Å². The molecule has 0 amide bonds. The van der Waals surface area contributed by atoms with E-state index < -0.39 is 11.7 Å². The number of alkyl halides is 3. The van der Waals surface area contributed by atoms with Crippen LogP contribution < -0.4 is 9.30 Å². The number of ether oxygens (including phenoxy) is 1. The van der Waals surface area contributed by atoms with Crippen molar-refractivity contribution in [3.63, 3.8) is 0 Å². The summed E-state index contributed by atoms with van der Waals surface area (Å²) in [5, 5.41) is 0. The SMILES string of the molecule is COc1cc[n+](-c2nc3ccc(C(F)(F)F)cc3[nH]2)c(C)c1C. The number of nitrogens with one attached hydrogen (secondary N) is 1. The van der Waals surface area contributed by atoms with Gasteiger partial charge >= 0.3 is 12.1 Å². The first-order chi connectivity index (χ1) is 10.8. The third kappa shape index (κ3) is 2.62. The summed E-state index contributed by atoms with van der Waals surface area (Å²) in [6.45, 7) is 3.81. The summed E-state index contributed by atoms with van der Waals surface area (Å²) in [7, 11) is 1.59. The predicted octanol–water partition coefficient (Wildman–Crippen LogP) is 3.48. The van der Waals surface area contributed by atoms with Gasteiger partial charge in [0.15, 0.2) is 5.52 Å². The zero-order chi connectivity index (χ0) is 16.8. The molecule has 0 fully saturated rings. The molecule has 23 heavy (non-hydrogen) atoms. The monoisotopic (exact) mass is 322 g/mol. The highest BCUT2D eigenvalue weighted by molar-refractivity contribution is 5.76. The zero-order valence-electron chi connectivity index (χ0n) is 12.8. The van der Waals surface area contributed by atoms with Gasteiger partial charge in [-0.1, -0.05) is 4.98 Å². The standard InChI is InChI=1S/C16H15F3N3O/c1-9-10(2)22(7-6-14(9)23-3)15-20-12-5-4-11(16(17,18)19)8-13(12)21-15/h4-8H,1-3H3,(H,20,21)/q+1. The summed E-state index contributed by atoms with van der Waals surface area (Å²) in [6.07, 6.45) is -2.61. The normalized spacial score (nSPS) is 11.9. The first-order valence-electron chi connectivity index (χ1n) is 6.94. The molecular weight excluding hydrogens is 307 g/mol. The number of methoxy groups -OCH3 is 1. The number of aromatic amines is 1. The second-order valence-corrected chi connectivity index (χ2v) is 5.25. The predicted molar refractivity (Wildman–Crippen MR) is 78.7 cm³/mol. The van der Waals surface area contributed by atoms with Gasteiger partial charge in [0, 0.05) is 11.6 Å². The number of rotatable bonds is 2. The number of H-pyrrole nitrogens is 1. The molecule has 7 heteroatoms. The molecule has 3 aromatic rings. The molecular formula is C16H15F3N3O+. The van der Waals surface area contributed by atoms with E-state index in [0.717, 1.165) is 29.1 Å². The molecule has 0 aliphatic heterocycles. The molecule has 0 aliphatic rings. The molecule has 4 nitrogen and oxygen atoms in total. The summed E-state index contributed by atoms with van der Waals surface area (Å²) in [5.74, 6) is 1.21. The van der Waals surface area contributed by atoms with Crippen LogP contribution in [-0.4, -0.2) is 17.1 Å². The van der Waals surface area contributed by atoms with E-state index in [-0.39, 0.29) is 0 Å². The highest BCUT2D eigenvalue weighted by Crippen LogP contribution is 2.31. The maximum atomic E-state index is 12.8. The van der Waals surface area contributed by atoms with E-state index in [2.05, 4.69) is 9.97 Å². The fourth-order valence-corrected chi connectivity index (χ4v) is 2.48. The van der Waals surface area contributed by atoms with Crippen LogP contribution in [0.15, 0.2) is 30.5 Å². The summed E-state index contributed by atoms with van der Waals surface area (Å²) in [4.78, 5) is 7.30. The van der Waals surface area contributed by atoms with E-state index in [4.69, 9.17) is 4.74 Å². The molecule has 2 heterocycles. The van der Waals surface area contributed by atoms with Crippen LogP contribution in [0.4, 0.5) is 13.2 Å². The minimum Gasteiger partial charge on any atom is -0.496 e. The Bertz CT molecular complexity index is 884. The lowest BCUT2D eigenvalue weighted by Crippen LogP contribution is -2.36. The molecule has 0 spiro atoms. The number of nitrogens with zero attached hydrogens (tertiary/aromatic N) is 2. The Morgan fingerprint density at radius 3 is 2.57 bits per heavy atom. The molecule has 0 aliphatic carbocycles. The summed E-state index contributed by atoms with van der Waals surface area (Å²) in [6, 6.07) is 5.25. The Kier molecular flexibility index (Phi) is 3.50. The molecule has 0 radical (unpaired) electrons. The molecule has 0 saturated heterocycles. The van der Waals surface area contributed by atoms with Gasteiger partial charge in [-0.25, -0.2) is 9.55 Å². The van der Waals surface area contributed by atoms with E-state index >= 15 is 0 Å². The summed E-state index contributed by atoms with van der Waals surface area (Å²) >= 11 is 0. The number of benzene rings is 1. The van der Waals surface area contributed by atoms with Crippen molar-refractivity contribution < 1.29 is 22.5 Å². The first-order valence-corrected chi connectivity index (χ1v) is 6.94. The van der Waals surface area contributed by atoms with E-state index in [1.807, 2.05) is 13.8 Å². The number of fused-ring (bicyclic) bond motifs is 1. The molecule has 0 atom stereocenters. The van der Waals surface area contributed by atoms with Crippen LogP contribution in [0.1, 0.15) is 16.8 Å². The molecule has 1 aromatic carbocycles. The maximum Gasteiger partial charge on any atom is 0.416 e. The number of pyridine rings is 1. The smallest absolute Gasteiger partial charge is 0.416 e. The Morgan fingerprint density at radius 2 is 1.91 bits per heavy atom. The van der Waals surface area contributed by atoms with E-state index in [9.17, 15) is 13.2 Å². The molecule has 0 unspecified atom stereocenters. The van der Waals surface area contributed by atoms with Crippen LogP contribution in [0.2, 0.25) is 0 Å². The summed E-state index contributed by atoms with van der Waals surface area (Å²) < 4.78 is 45.4. The molecule has 0 bridgehead atoms. The molecule has 120 valence electrons. The Labute approximate surface area is 130 Å². The number of hydrogen-bond donors (Lipinski definition) is 1. The van der Waals surface area contributed by atoms with Gasteiger partial charge in [0.1, 0.15) is 11.3 Å². The molecule has 0 saturated carbocycles. The van der Waals surface area contributed by atoms with Gasteiger partial charge in [-0.15, -0.1) is 0 Å². The van der Waals surface area contributed by atoms with Gasteiger partial charge < -0.3 is 4.74 Å². The Hall–Kier alpha value is -2.57. The molecule has 1 N–H and O–H groups in total. The lowest BCUT2D eigenvalue weighted by molar-refractivity contribution is -0.610. The quantitative estimate of drug-likeness (QED) is 0.734. The van der Waals surface area contributed by atoms with Crippen LogP contribution in [0.5, 0.6) is 5.75 Å². The highest BCUT2D eigenvalue weighted by atomic mass is 19.4. The minimum absolute atomic E-state index is 0.343. The van der Waals surface area contributed by atoms with Crippen LogP contribution in [0, 0.1) is 13.8 Å². The second kappa shape index (κ2) is 5.26. The van der Waals surface area contributed by atoms with Crippen molar-refractivity contribution in [2.75, 3.05) is 7.11 Å². The fraction of sp³-hybridized carbons (Fsp3) is 0.250. The van der Waals surface area contributed by atoms with Gasteiger partial charge in [-0.05, 0) is 32.0 Å². The fourth-order valence-electron chi connectivity index (χ4n) is 2.48. The zero-order valence-corrected chi connectivity index (χ0v) is 12.8. The average molecular weight is 322 g/mol. The van der Waals surface area contributed by atoms with Crippen molar-refractivity contribution >= 4 is 11.0 Å². The van der Waals surface area contributed by atoms with E-state index in [1.54, 1.807) is 23.9 Å².